The number of fused-ring (bicyclic) bond motifs is 1. The number of nitriles is 1. The van der Waals surface area contributed by atoms with Gasteiger partial charge in [-0.2, -0.15) is 5.26 Å². The predicted molar refractivity (Wildman–Crippen MR) is 183 cm³/mol. The van der Waals surface area contributed by atoms with Crippen LogP contribution < -0.4 is 14.5 Å². The van der Waals surface area contributed by atoms with Crippen molar-refractivity contribution >= 4 is 25.8 Å². The first-order valence-electron chi connectivity index (χ1n) is 15.9. The molecular weight excluding hydrogens is 581 g/mol. The second-order valence-corrected chi connectivity index (χ2v) is 19.3. The van der Waals surface area contributed by atoms with Crippen molar-refractivity contribution in [3.8, 4) is 17.6 Å². The van der Waals surface area contributed by atoms with Crippen LogP contribution in [0.4, 0.5) is 16.2 Å². The molecule has 2 heterocycles. The maximum Gasteiger partial charge on any atom is 0.410 e. The van der Waals surface area contributed by atoms with Gasteiger partial charge in [-0.1, -0.05) is 32.9 Å². The molecule has 2 aromatic carbocycles. The van der Waals surface area contributed by atoms with Gasteiger partial charge in [-0.05, 0) is 107 Å². The molecule has 1 N–H and O–H groups in total. The predicted octanol–water partition coefficient (Wildman–Crippen LogP) is 8.72. The molecule has 1 atom stereocenters. The van der Waals surface area contributed by atoms with E-state index in [9.17, 15) is 10.1 Å². The van der Waals surface area contributed by atoms with E-state index in [2.05, 4.69) is 58.2 Å². The van der Waals surface area contributed by atoms with E-state index >= 15 is 0 Å². The lowest BCUT2D eigenvalue weighted by atomic mass is 9.94. The summed E-state index contributed by atoms with van der Waals surface area (Å²) in [5.41, 5.74) is 5.22. The summed E-state index contributed by atoms with van der Waals surface area (Å²) in [4.78, 5) is 14.6. The highest BCUT2D eigenvalue weighted by Gasteiger charge is 2.39. The zero-order valence-corrected chi connectivity index (χ0v) is 29.7. The smallest absolute Gasteiger partial charge is 0.410 e. The molecule has 0 aliphatic carbocycles. The van der Waals surface area contributed by atoms with Gasteiger partial charge in [0.05, 0.1) is 12.3 Å². The van der Waals surface area contributed by atoms with Crippen molar-refractivity contribution in [1.29, 1.82) is 5.26 Å². The van der Waals surface area contributed by atoms with E-state index in [4.69, 9.17) is 13.9 Å². The minimum absolute atomic E-state index is 0.00573. The van der Waals surface area contributed by atoms with E-state index in [1.54, 1.807) is 4.90 Å². The van der Waals surface area contributed by atoms with Crippen LogP contribution in [-0.4, -0.2) is 42.1 Å². The van der Waals surface area contributed by atoms with Gasteiger partial charge in [-0.25, -0.2) is 4.79 Å². The Labute approximate surface area is 270 Å². The highest BCUT2D eigenvalue weighted by atomic mass is 28.4. The quantitative estimate of drug-likeness (QED) is 0.188. The van der Waals surface area contributed by atoms with E-state index in [1.165, 1.54) is 0 Å². The second-order valence-electron chi connectivity index (χ2n) is 14.6. The monoisotopic (exact) mass is 630 g/mol. The highest BCUT2D eigenvalue weighted by Crippen LogP contribution is 2.38. The molecule has 1 unspecified atom stereocenters. The van der Waals surface area contributed by atoms with E-state index < -0.39 is 13.9 Å². The Morgan fingerprint density at radius 3 is 2.40 bits per heavy atom. The Kier molecular flexibility index (Phi) is 9.98. The van der Waals surface area contributed by atoms with Crippen LogP contribution in [0.1, 0.15) is 77.4 Å². The Morgan fingerprint density at radius 1 is 1.09 bits per heavy atom. The number of aromatic nitrogens is 1. The minimum atomic E-state index is -1.92. The van der Waals surface area contributed by atoms with Gasteiger partial charge in [0, 0.05) is 36.6 Å². The average Bonchev–Trinajstić information content (AvgIpc) is 3.23. The fourth-order valence-corrected chi connectivity index (χ4v) is 6.26. The molecule has 1 aliphatic heterocycles. The second kappa shape index (κ2) is 13.2. The molecule has 3 aromatic rings. The number of nitrogens with zero attached hydrogens (tertiary/aromatic N) is 3. The lowest BCUT2D eigenvalue weighted by Crippen LogP contribution is -2.45. The molecule has 0 spiro atoms. The van der Waals surface area contributed by atoms with Crippen molar-refractivity contribution in [2.45, 2.75) is 104 Å². The number of carbonyl (C=O) groups excluding carboxylic acids is 1. The molecule has 4 rings (SSSR count). The van der Waals surface area contributed by atoms with E-state index in [0.717, 1.165) is 52.5 Å². The number of hydrogen-bond donors (Lipinski definition) is 1. The van der Waals surface area contributed by atoms with E-state index in [-0.39, 0.29) is 17.2 Å². The number of hydrogen-bond acceptors (Lipinski definition) is 6. The maximum absolute atomic E-state index is 12.8. The largest absolute Gasteiger partial charge is 0.544 e. The summed E-state index contributed by atoms with van der Waals surface area (Å²) in [5.74, 6) is 1.75. The number of ether oxygens (including phenoxy) is 2. The van der Waals surface area contributed by atoms with Crippen LogP contribution >= 0.6 is 0 Å². The molecular formula is C36H50N4O4Si. The first-order chi connectivity index (χ1) is 21.0. The van der Waals surface area contributed by atoms with Crippen molar-refractivity contribution in [3.63, 3.8) is 0 Å². The van der Waals surface area contributed by atoms with Crippen molar-refractivity contribution in [2.75, 3.05) is 11.9 Å². The van der Waals surface area contributed by atoms with Crippen LogP contribution in [0.5, 0.6) is 11.5 Å². The summed E-state index contributed by atoms with van der Waals surface area (Å²) in [6.45, 7) is 19.9. The molecule has 1 aliphatic rings. The maximum atomic E-state index is 12.8. The van der Waals surface area contributed by atoms with E-state index in [0.29, 0.717) is 25.3 Å². The van der Waals surface area contributed by atoms with Gasteiger partial charge in [0.25, 0.3) is 0 Å². The lowest BCUT2D eigenvalue weighted by molar-refractivity contribution is 0.0137. The molecule has 1 amide bonds. The van der Waals surface area contributed by atoms with Crippen molar-refractivity contribution in [3.05, 3.63) is 71.0 Å². The molecule has 0 bridgehead atoms. The molecule has 1 aromatic heterocycles. The Balaban J connectivity index is 1.39. The van der Waals surface area contributed by atoms with Gasteiger partial charge in [-0.15, -0.1) is 0 Å². The number of benzene rings is 2. The number of anilines is 2. The van der Waals surface area contributed by atoms with Crippen molar-refractivity contribution < 1.29 is 18.7 Å². The minimum Gasteiger partial charge on any atom is -0.544 e. The van der Waals surface area contributed by atoms with Gasteiger partial charge < -0.3 is 28.7 Å². The lowest BCUT2D eigenvalue weighted by Gasteiger charge is -2.36. The third-order valence-corrected chi connectivity index (χ3v) is 13.2. The van der Waals surface area contributed by atoms with Crippen LogP contribution in [0.25, 0.3) is 0 Å². The number of rotatable bonds is 9. The van der Waals surface area contributed by atoms with Gasteiger partial charge >= 0.3 is 6.09 Å². The van der Waals surface area contributed by atoms with Gasteiger partial charge in [0.2, 0.25) is 8.32 Å². The summed E-state index contributed by atoms with van der Waals surface area (Å²) in [5, 5.41) is 13.4. The van der Waals surface area contributed by atoms with Gasteiger partial charge in [0.15, 0.2) is 0 Å². The summed E-state index contributed by atoms with van der Waals surface area (Å²) < 4.78 is 20.3. The zero-order chi connectivity index (χ0) is 33.2. The number of nitrogens with one attached hydrogen (secondary N) is 1. The normalized spacial score (nSPS) is 15.2. The highest BCUT2D eigenvalue weighted by molar-refractivity contribution is 6.74. The number of carbonyl (C=O) groups is 1. The first kappa shape index (κ1) is 34.0. The first-order valence-corrected chi connectivity index (χ1v) is 18.8. The summed E-state index contributed by atoms with van der Waals surface area (Å²) in [7, 11) is 0.0136. The average molecular weight is 631 g/mol. The molecule has 8 nitrogen and oxygen atoms in total. The molecule has 0 fully saturated rings. The standard InChI is InChI=1S/C36H50N4O4Si/c1-25-21-30-26(24-40(25)34(41)43-35(2,3)4)13-11-15-33(30)42-20-12-14-32-31(22-28(23-37)39(32)8)38-27-16-18-29(19-17-27)44-45(9,10)36(5,6)7/h11,13,15-19,22,25,38H,12,14,20-21,24H2,1-10H3. The fourth-order valence-electron chi connectivity index (χ4n) is 5.23. The van der Waals surface area contributed by atoms with Crippen LogP contribution in [0, 0.1) is 11.3 Å². The van der Waals surface area contributed by atoms with Crippen LogP contribution in [0.3, 0.4) is 0 Å². The van der Waals surface area contributed by atoms with E-state index in [1.807, 2.05) is 74.9 Å². The zero-order valence-electron chi connectivity index (χ0n) is 28.7. The Hall–Kier alpha value is -3.90. The third-order valence-electron chi connectivity index (χ3n) is 8.83. The molecule has 45 heavy (non-hydrogen) atoms. The van der Waals surface area contributed by atoms with Crippen LogP contribution in [0.15, 0.2) is 48.5 Å². The topological polar surface area (TPSA) is 88.8 Å². The summed E-state index contributed by atoms with van der Waals surface area (Å²) >= 11 is 0. The summed E-state index contributed by atoms with van der Waals surface area (Å²) in [6, 6.07) is 18.3. The molecule has 0 saturated heterocycles. The molecule has 0 saturated carbocycles. The summed E-state index contributed by atoms with van der Waals surface area (Å²) in [6.07, 6.45) is 1.94. The van der Waals surface area contributed by atoms with Crippen LogP contribution in [-0.2, 0) is 31.2 Å². The van der Waals surface area contributed by atoms with Crippen molar-refractivity contribution in [1.82, 2.24) is 9.47 Å². The molecule has 9 heteroatoms. The SMILES string of the molecule is CC1Cc2c(cccc2OCCCc2c(Nc3ccc(O[Si](C)(C)C(C)(C)C)cc3)cc(C#N)n2C)CN1C(=O)OC(C)(C)C. The van der Waals surface area contributed by atoms with Crippen molar-refractivity contribution in [2.24, 2.45) is 7.05 Å². The van der Waals surface area contributed by atoms with Crippen LogP contribution in [0.2, 0.25) is 18.1 Å². The molecule has 0 radical (unpaired) electrons. The Morgan fingerprint density at radius 2 is 1.78 bits per heavy atom. The van der Waals surface area contributed by atoms with Gasteiger partial charge in [0.1, 0.15) is 28.9 Å². The molecule has 242 valence electrons. The van der Waals surface area contributed by atoms with Gasteiger partial charge in [-0.3, -0.25) is 0 Å². The Bertz CT molecular complexity index is 1540. The number of amides is 1. The fraction of sp³-hybridized carbons (Fsp3) is 0.500. The third kappa shape index (κ3) is 8.23.